The van der Waals surface area contributed by atoms with Gasteiger partial charge in [-0.15, -0.1) is 0 Å². The molecule has 0 unspecified atom stereocenters. The molecule has 0 bridgehead atoms. The average Bonchev–Trinajstić information content (AvgIpc) is 2.87. The van der Waals surface area contributed by atoms with E-state index in [0.717, 1.165) is 27.5 Å². The Labute approximate surface area is 174 Å². The molecule has 146 valence electrons. The number of carbonyl (C=O) groups excluding carboxylic acids is 2. The Balaban J connectivity index is 1.51. The fourth-order valence-corrected chi connectivity index (χ4v) is 4.40. The Morgan fingerprint density at radius 2 is 1.69 bits per heavy atom. The van der Waals surface area contributed by atoms with E-state index in [1.54, 1.807) is 18.7 Å². The van der Waals surface area contributed by atoms with E-state index in [-0.39, 0.29) is 11.8 Å². The van der Waals surface area contributed by atoms with Crippen LogP contribution in [0.25, 0.3) is 0 Å². The Morgan fingerprint density at radius 1 is 0.931 bits per heavy atom. The fourth-order valence-electron chi connectivity index (χ4n) is 3.39. The second-order valence-electron chi connectivity index (χ2n) is 7.06. The summed E-state index contributed by atoms with van der Waals surface area (Å²) in [6.07, 6.45) is 0.813. The van der Waals surface area contributed by atoms with Crippen molar-refractivity contribution in [2.45, 2.75) is 29.7 Å². The molecule has 4 rings (SSSR count). The molecule has 1 aliphatic heterocycles. The van der Waals surface area contributed by atoms with E-state index < -0.39 is 0 Å². The Bertz CT molecular complexity index is 1050. The van der Waals surface area contributed by atoms with Gasteiger partial charge in [0.15, 0.2) is 0 Å². The number of hydrogen-bond acceptors (Lipinski definition) is 3. The van der Waals surface area contributed by atoms with Gasteiger partial charge in [0.25, 0.3) is 5.91 Å². The lowest BCUT2D eigenvalue weighted by atomic mass is 10.1. The molecular formula is C24H22N2O2S. The number of carbonyl (C=O) groups is 2. The molecule has 2 amide bonds. The molecule has 0 radical (unpaired) electrons. The van der Waals surface area contributed by atoms with Crippen LogP contribution in [0.4, 0.5) is 5.69 Å². The van der Waals surface area contributed by atoms with Crippen LogP contribution >= 0.6 is 11.8 Å². The lowest BCUT2D eigenvalue weighted by Crippen LogP contribution is -2.30. The van der Waals surface area contributed by atoms with Gasteiger partial charge in [0.1, 0.15) is 0 Å². The zero-order valence-corrected chi connectivity index (χ0v) is 17.0. The van der Waals surface area contributed by atoms with E-state index in [1.807, 2.05) is 65.6 Å². The number of amides is 2. The number of nitrogens with zero attached hydrogens (tertiary/aromatic N) is 1. The van der Waals surface area contributed by atoms with E-state index in [4.69, 9.17) is 0 Å². The van der Waals surface area contributed by atoms with Crippen molar-refractivity contribution in [2.24, 2.45) is 0 Å². The van der Waals surface area contributed by atoms with Gasteiger partial charge in [-0.25, -0.2) is 0 Å². The standard InChI is InChI=1S/C24H22N2O2S/c1-17(27)26(14-13-18-7-3-2-4-8-18)16-19-11-12-23-21(15-19)25-24(28)20-9-5-6-10-22(20)29-23/h2-12,15H,13-14,16H2,1H3,(H,25,28). The summed E-state index contributed by atoms with van der Waals surface area (Å²) in [6, 6.07) is 23.8. The summed E-state index contributed by atoms with van der Waals surface area (Å²) in [4.78, 5) is 28.5. The van der Waals surface area contributed by atoms with E-state index in [2.05, 4.69) is 17.4 Å². The first-order valence-corrected chi connectivity index (χ1v) is 10.4. The Hall–Kier alpha value is -3.05. The van der Waals surface area contributed by atoms with Gasteiger partial charge in [-0.1, -0.05) is 60.3 Å². The highest BCUT2D eigenvalue weighted by molar-refractivity contribution is 7.99. The number of nitrogens with one attached hydrogen (secondary N) is 1. The van der Waals surface area contributed by atoms with E-state index in [0.29, 0.717) is 18.7 Å². The van der Waals surface area contributed by atoms with Crippen molar-refractivity contribution in [1.29, 1.82) is 0 Å². The largest absolute Gasteiger partial charge is 0.338 e. The van der Waals surface area contributed by atoms with Crippen LogP contribution < -0.4 is 5.32 Å². The predicted molar refractivity (Wildman–Crippen MR) is 116 cm³/mol. The third-order valence-corrected chi connectivity index (χ3v) is 6.13. The topological polar surface area (TPSA) is 49.4 Å². The highest BCUT2D eigenvalue weighted by atomic mass is 32.2. The number of benzene rings is 3. The first kappa shape index (κ1) is 19.3. The molecule has 3 aromatic carbocycles. The quantitative estimate of drug-likeness (QED) is 0.654. The zero-order chi connectivity index (χ0) is 20.2. The van der Waals surface area contributed by atoms with Crippen molar-refractivity contribution in [3.63, 3.8) is 0 Å². The monoisotopic (exact) mass is 402 g/mol. The summed E-state index contributed by atoms with van der Waals surface area (Å²) >= 11 is 1.58. The molecule has 0 atom stereocenters. The van der Waals surface area contributed by atoms with Crippen molar-refractivity contribution in [3.05, 3.63) is 89.5 Å². The molecule has 0 fully saturated rings. The number of anilines is 1. The van der Waals surface area contributed by atoms with Crippen molar-refractivity contribution >= 4 is 29.3 Å². The van der Waals surface area contributed by atoms with Gasteiger partial charge in [-0.2, -0.15) is 0 Å². The van der Waals surface area contributed by atoms with Gasteiger partial charge in [0, 0.05) is 29.8 Å². The van der Waals surface area contributed by atoms with Crippen LogP contribution in [0.15, 0.2) is 82.6 Å². The first-order chi connectivity index (χ1) is 14.1. The molecule has 4 nitrogen and oxygen atoms in total. The molecule has 0 aromatic heterocycles. The summed E-state index contributed by atoms with van der Waals surface area (Å²) in [7, 11) is 0. The van der Waals surface area contributed by atoms with Crippen LogP contribution in [0.3, 0.4) is 0 Å². The minimum absolute atomic E-state index is 0.0432. The maximum absolute atomic E-state index is 12.6. The Morgan fingerprint density at radius 3 is 2.48 bits per heavy atom. The number of hydrogen-bond donors (Lipinski definition) is 1. The second-order valence-corrected chi connectivity index (χ2v) is 8.14. The molecule has 1 N–H and O–H groups in total. The highest BCUT2D eigenvalue weighted by Crippen LogP contribution is 2.39. The Kier molecular flexibility index (Phi) is 5.67. The smallest absolute Gasteiger partial charge is 0.256 e. The number of rotatable bonds is 5. The predicted octanol–water partition coefficient (Wildman–Crippen LogP) is 4.99. The summed E-state index contributed by atoms with van der Waals surface area (Å²) in [5, 5.41) is 3.02. The van der Waals surface area contributed by atoms with E-state index in [9.17, 15) is 9.59 Å². The zero-order valence-electron chi connectivity index (χ0n) is 16.2. The molecular weight excluding hydrogens is 380 g/mol. The van der Waals surface area contributed by atoms with Gasteiger partial charge in [-0.05, 0) is 41.8 Å². The molecule has 29 heavy (non-hydrogen) atoms. The van der Waals surface area contributed by atoms with Crippen molar-refractivity contribution < 1.29 is 9.59 Å². The number of fused-ring (bicyclic) bond motifs is 2. The van der Waals surface area contributed by atoms with Crippen LogP contribution in [0.1, 0.15) is 28.4 Å². The molecule has 0 spiro atoms. The summed E-state index contributed by atoms with van der Waals surface area (Å²) < 4.78 is 0. The molecule has 0 aliphatic carbocycles. The van der Waals surface area contributed by atoms with Crippen LogP contribution in [0.5, 0.6) is 0 Å². The van der Waals surface area contributed by atoms with Gasteiger partial charge in [-0.3, -0.25) is 9.59 Å². The van der Waals surface area contributed by atoms with Crippen LogP contribution in [0, 0.1) is 0 Å². The van der Waals surface area contributed by atoms with Gasteiger partial charge in [0.05, 0.1) is 11.3 Å². The van der Waals surface area contributed by atoms with Gasteiger partial charge in [0.2, 0.25) is 5.91 Å². The summed E-state index contributed by atoms with van der Waals surface area (Å²) in [6.45, 7) is 2.77. The minimum atomic E-state index is -0.100. The maximum atomic E-state index is 12.6. The van der Waals surface area contributed by atoms with E-state index in [1.165, 1.54) is 5.56 Å². The molecule has 1 heterocycles. The highest BCUT2D eigenvalue weighted by Gasteiger charge is 2.20. The van der Waals surface area contributed by atoms with Crippen molar-refractivity contribution in [2.75, 3.05) is 11.9 Å². The lowest BCUT2D eigenvalue weighted by molar-refractivity contribution is -0.129. The average molecular weight is 403 g/mol. The normalized spacial score (nSPS) is 12.4. The minimum Gasteiger partial charge on any atom is -0.338 e. The summed E-state index contributed by atoms with van der Waals surface area (Å²) in [5.74, 6) is -0.0572. The lowest BCUT2D eigenvalue weighted by Gasteiger charge is -2.22. The van der Waals surface area contributed by atoms with E-state index >= 15 is 0 Å². The molecule has 0 saturated heterocycles. The van der Waals surface area contributed by atoms with Crippen molar-refractivity contribution in [3.8, 4) is 0 Å². The molecule has 3 aromatic rings. The maximum Gasteiger partial charge on any atom is 0.256 e. The summed E-state index contributed by atoms with van der Waals surface area (Å²) in [5.41, 5.74) is 3.68. The fraction of sp³-hybridized carbons (Fsp3) is 0.167. The van der Waals surface area contributed by atoms with Gasteiger partial charge >= 0.3 is 0 Å². The van der Waals surface area contributed by atoms with Crippen LogP contribution in [-0.4, -0.2) is 23.3 Å². The third-order valence-electron chi connectivity index (χ3n) is 4.98. The molecule has 5 heteroatoms. The second kappa shape index (κ2) is 8.53. The van der Waals surface area contributed by atoms with Crippen LogP contribution in [-0.2, 0) is 17.8 Å². The first-order valence-electron chi connectivity index (χ1n) is 9.61. The van der Waals surface area contributed by atoms with Crippen molar-refractivity contribution in [1.82, 2.24) is 4.90 Å². The third kappa shape index (κ3) is 4.51. The van der Waals surface area contributed by atoms with Crippen LogP contribution in [0.2, 0.25) is 0 Å². The van der Waals surface area contributed by atoms with Gasteiger partial charge < -0.3 is 10.2 Å². The SMILES string of the molecule is CC(=O)N(CCc1ccccc1)Cc1ccc2c(c1)NC(=O)c1ccccc1S2. The molecule has 0 saturated carbocycles. The molecule has 1 aliphatic rings.